The molecule has 6 heteroatoms. The topological polar surface area (TPSA) is 0 Å². The van der Waals surface area contributed by atoms with Crippen LogP contribution in [0.2, 0.25) is 52.4 Å². The van der Waals surface area contributed by atoms with Crippen molar-refractivity contribution in [3.63, 3.8) is 0 Å². The molecule has 0 aliphatic carbocycles. The first kappa shape index (κ1) is 20.6. The molecular formula is C16H26Br2Si4. The second kappa shape index (κ2) is 6.79. The minimum absolute atomic E-state index is 0.422. The zero-order chi connectivity index (χ0) is 17.4. The minimum Gasteiger partial charge on any atom is -0.136 e. The van der Waals surface area contributed by atoms with E-state index >= 15 is 0 Å². The number of hydrogen-bond acceptors (Lipinski definition) is 0. The van der Waals surface area contributed by atoms with Crippen molar-refractivity contribution in [1.29, 1.82) is 0 Å². The number of halogens is 2. The molecule has 0 amide bonds. The zero-order valence-corrected chi connectivity index (χ0v) is 22.1. The molecule has 0 aromatic carbocycles. The van der Waals surface area contributed by atoms with Crippen molar-refractivity contribution in [3.8, 4) is 33.3 Å². The monoisotopic (exact) mass is 488 g/mol. The average molecular weight is 491 g/mol. The van der Waals surface area contributed by atoms with E-state index in [1.807, 2.05) is 0 Å². The highest BCUT2D eigenvalue weighted by Gasteiger charge is 2.42. The van der Waals surface area contributed by atoms with Gasteiger partial charge in [0.05, 0.1) is 0 Å². The molecular weight excluding hydrogens is 464 g/mol. The fraction of sp³-hybridized carbons (Fsp3) is 0.625. The van der Waals surface area contributed by atoms with Crippen molar-refractivity contribution in [3.05, 3.63) is 0 Å². The lowest BCUT2D eigenvalue weighted by atomic mass is 10.9. The number of alkyl halides is 2. The van der Waals surface area contributed by atoms with E-state index in [0.717, 1.165) is 0 Å². The molecule has 1 aliphatic rings. The van der Waals surface area contributed by atoms with E-state index in [2.05, 4.69) is 117 Å². The largest absolute Gasteiger partial charge is 0.209 e. The van der Waals surface area contributed by atoms with Gasteiger partial charge >= 0.3 is 0 Å². The summed E-state index contributed by atoms with van der Waals surface area (Å²) in [5.74, 6) is 0. The zero-order valence-electron chi connectivity index (χ0n) is 14.9. The quantitative estimate of drug-likeness (QED) is 0.263. The SMILES string of the molecule is C[Si]1(C)C#C[Si](C)(C)C#C[Si](C)(C)C(Br)C(Br)[Si](C)(C)C#C1. The second-order valence-corrected chi connectivity index (χ2v) is 28.0. The maximum atomic E-state index is 3.98. The van der Waals surface area contributed by atoms with Gasteiger partial charge in [0, 0.05) is 8.90 Å². The van der Waals surface area contributed by atoms with Crippen molar-refractivity contribution in [2.75, 3.05) is 0 Å². The fourth-order valence-corrected chi connectivity index (χ4v) is 18.5. The Balaban J connectivity index is 3.54. The smallest absolute Gasteiger partial charge is 0.136 e. The van der Waals surface area contributed by atoms with Gasteiger partial charge in [-0.05, 0) is 26.2 Å². The van der Waals surface area contributed by atoms with E-state index in [4.69, 9.17) is 0 Å². The minimum atomic E-state index is -1.78. The summed E-state index contributed by atoms with van der Waals surface area (Å²) in [7, 11) is -6.94. The Bertz CT molecular complexity index is 576. The van der Waals surface area contributed by atoms with Gasteiger partial charge in [0.15, 0.2) is 0 Å². The normalized spacial score (nSPS) is 30.8. The molecule has 0 bridgehead atoms. The molecule has 0 aromatic rings. The van der Waals surface area contributed by atoms with Crippen molar-refractivity contribution in [2.45, 2.75) is 61.3 Å². The predicted molar refractivity (Wildman–Crippen MR) is 119 cm³/mol. The Morgan fingerprint density at radius 1 is 0.500 bits per heavy atom. The van der Waals surface area contributed by atoms with Crippen LogP contribution >= 0.6 is 31.9 Å². The van der Waals surface area contributed by atoms with Crippen molar-refractivity contribution >= 4 is 64.2 Å². The molecule has 2 atom stereocenters. The molecule has 1 rings (SSSR count). The molecule has 22 heavy (non-hydrogen) atoms. The molecule has 120 valence electrons. The Hall–Kier alpha value is 0.508. The second-order valence-electron chi connectivity index (χ2n) is 8.25. The van der Waals surface area contributed by atoms with Crippen LogP contribution in [0.1, 0.15) is 0 Å². The van der Waals surface area contributed by atoms with E-state index in [-0.39, 0.29) is 0 Å². The van der Waals surface area contributed by atoms with Crippen LogP contribution in [-0.2, 0) is 0 Å². The lowest BCUT2D eigenvalue weighted by molar-refractivity contribution is 1.24. The lowest BCUT2D eigenvalue weighted by Gasteiger charge is -2.33. The summed E-state index contributed by atoms with van der Waals surface area (Å²) in [6.45, 7) is 18.5. The average Bonchev–Trinajstić information content (AvgIpc) is 2.39. The highest BCUT2D eigenvalue weighted by molar-refractivity contribution is 9.13. The van der Waals surface area contributed by atoms with Crippen molar-refractivity contribution in [2.24, 2.45) is 0 Å². The van der Waals surface area contributed by atoms with Gasteiger partial charge in [-0.3, -0.25) is 0 Å². The van der Waals surface area contributed by atoms with Crippen LogP contribution in [0.4, 0.5) is 0 Å². The molecule has 0 N–H and O–H groups in total. The number of rotatable bonds is 0. The molecule has 1 heterocycles. The summed E-state index contributed by atoms with van der Waals surface area (Å²) in [6, 6.07) is 0. The maximum Gasteiger partial charge on any atom is 0.209 e. The van der Waals surface area contributed by atoms with E-state index in [1.165, 1.54) is 0 Å². The van der Waals surface area contributed by atoms with E-state index in [0.29, 0.717) is 8.90 Å². The third-order valence-electron chi connectivity index (χ3n) is 3.72. The summed E-state index contributed by atoms with van der Waals surface area (Å²) < 4.78 is 0.843. The molecule has 0 saturated heterocycles. The third-order valence-corrected chi connectivity index (χ3v) is 22.4. The van der Waals surface area contributed by atoms with Crippen LogP contribution in [0.15, 0.2) is 0 Å². The van der Waals surface area contributed by atoms with Crippen LogP contribution in [0.25, 0.3) is 0 Å². The highest BCUT2D eigenvalue weighted by atomic mass is 79.9. The summed E-state index contributed by atoms with van der Waals surface area (Å²) in [6.07, 6.45) is 0. The van der Waals surface area contributed by atoms with Gasteiger partial charge < -0.3 is 0 Å². The maximum absolute atomic E-state index is 3.98. The first-order chi connectivity index (χ1) is 9.69. The van der Waals surface area contributed by atoms with Crippen LogP contribution in [0, 0.1) is 33.3 Å². The highest BCUT2D eigenvalue weighted by Crippen LogP contribution is 2.31. The van der Waals surface area contributed by atoms with Gasteiger partial charge in [0.2, 0.25) is 16.1 Å². The Morgan fingerprint density at radius 3 is 1.00 bits per heavy atom. The molecule has 0 radical (unpaired) electrons. The summed E-state index contributed by atoms with van der Waals surface area (Å²) in [5.41, 5.74) is 21.6. The van der Waals surface area contributed by atoms with Gasteiger partial charge in [-0.2, -0.15) is 0 Å². The molecule has 1 aliphatic heterocycles. The van der Waals surface area contributed by atoms with Gasteiger partial charge in [-0.15, -0.1) is 33.3 Å². The van der Waals surface area contributed by atoms with Gasteiger partial charge in [0.25, 0.3) is 0 Å². The lowest BCUT2D eigenvalue weighted by Crippen LogP contribution is -2.52. The first-order valence-electron chi connectivity index (χ1n) is 7.60. The van der Waals surface area contributed by atoms with Crippen LogP contribution in [0.3, 0.4) is 0 Å². The third kappa shape index (κ3) is 5.55. The first-order valence-corrected chi connectivity index (χ1v) is 21.6. The van der Waals surface area contributed by atoms with E-state index in [9.17, 15) is 0 Å². The molecule has 0 aromatic heterocycles. The molecule has 0 nitrogen and oxygen atoms in total. The van der Waals surface area contributed by atoms with E-state index in [1.54, 1.807) is 0 Å². The Morgan fingerprint density at radius 2 is 0.727 bits per heavy atom. The molecule has 0 spiro atoms. The van der Waals surface area contributed by atoms with Gasteiger partial charge in [-0.1, -0.05) is 58.0 Å². The Labute approximate surface area is 157 Å². The molecule has 0 fully saturated rings. The van der Waals surface area contributed by atoms with Crippen LogP contribution in [-0.4, -0.2) is 41.2 Å². The molecule has 2 unspecified atom stereocenters. The van der Waals surface area contributed by atoms with Crippen LogP contribution < -0.4 is 0 Å². The predicted octanol–water partition coefficient (Wildman–Crippen LogP) is 4.68. The number of hydrogen-bond donors (Lipinski definition) is 0. The summed E-state index contributed by atoms with van der Waals surface area (Å²) in [4.78, 5) is 0. The standard InChI is InChI=1S/C16H26Br2Si4/c1-19(2)9-10-20(3,4)12-14-22(7,8)16(18)15(17)21(5,6)13-11-19/h15-16H,1-8H3. The van der Waals surface area contributed by atoms with Crippen LogP contribution in [0.5, 0.6) is 0 Å². The van der Waals surface area contributed by atoms with Gasteiger partial charge in [-0.25, -0.2) is 0 Å². The summed E-state index contributed by atoms with van der Waals surface area (Å²) in [5, 5.41) is 0. The van der Waals surface area contributed by atoms with Crippen molar-refractivity contribution in [1.82, 2.24) is 0 Å². The van der Waals surface area contributed by atoms with Gasteiger partial charge in [0.1, 0.15) is 16.1 Å². The summed E-state index contributed by atoms with van der Waals surface area (Å²) >= 11 is 7.95. The van der Waals surface area contributed by atoms with Crippen molar-refractivity contribution < 1.29 is 0 Å². The fourth-order valence-electron chi connectivity index (χ4n) is 1.88. The van der Waals surface area contributed by atoms with E-state index < -0.39 is 32.3 Å². The molecule has 0 saturated carbocycles. The Kier molecular flexibility index (Phi) is 6.34.